The number of tetrazole rings is 2. The van der Waals surface area contributed by atoms with Crippen LogP contribution in [0, 0.1) is 6.92 Å². The summed E-state index contributed by atoms with van der Waals surface area (Å²) >= 11 is 1.52. The van der Waals surface area contributed by atoms with E-state index in [0.29, 0.717) is 5.16 Å². The van der Waals surface area contributed by atoms with Gasteiger partial charge in [0.05, 0.1) is 5.69 Å². The molecule has 0 aliphatic heterocycles. The Morgan fingerprint density at radius 1 is 1.37 bits per heavy atom. The average molecular weight is 274 g/mol. The molecule has 3 aromatic rings. The van der Waals surface area contributed by atoms with E-state index in [1.807, 2.05) is 12.1 Å². The van der Waals surface area contributed by atoms with Crippen molar-refractivity contribution >= 4 is 11.8 Å². The summed E-state index contributed by atoms with van der Waals surface area (Å²) in [6.45, 7) is 2.06. The third kappa shape index (κ3) is 2.60. The van der Waals surface area contributed by atoms with Crippen LogP contribution in [0.5, 0.6) is 0 Å². The van der Waals surface area contributed by atoms with Gasteiger partial charge in [-0.25, -0.2) is 4.68 Å². The summed E-state index contributed by atoms with van der Waals surface area (Å²) in [7, 11) is 0. The minimum Gasteiger partial charge on any atom is -0.201 e. The Morgan fingerprint density at radius 2 is 2.32 bits per heavy atom. The molecule has 1 N–H and O–H groups in total. The fourth-order valence-corrected chi connectivity index (χ4v) is 2.39. The van der Waals surface area contributed by atoms with Gasteiger partial charge < -0.3 is 0 Å². The maximum Gasteiger partial charge on any atom is 0.231 e. The van der Waals surface area contributed by atoms with Gasteiger partial charge in [-0.3, -0.25) is 0 Å². The van der Waals surface area contributed by atoms with Gasteiger partial charge in [-0.15, -0.1) is 15.3 Å². The molecule has 2 aromatic heterocycles. The number of nitrogens with one attached hydrogen (secondary N) is 1. The lowest BCUT2D eigenvalue weighted by atomic mass is 10.1. The first-order valence-electron chi connectivity index (χ1n) is 5.52. The first-order chi connectivity index (χ1) is 9.33. The second-order valence-corrected chi connectivity index (χ2v) is 4.79. The molecule has 0 saturated heterocycles. The molecular weight excluding hydrogens is 264 g/mol. The molecule has 8 nitrogen and oxygen atoms in total. The Kier molecular flexibility index (Phi) is 3.19. The van der Waals surface area contributed by atoms with Crippen molar-refractivity contribution in [2.24, 2.45) is 0 Å². The van der Waals surface area contributed by atoms with Crippen molar-refractivity contribution in [3.8, 4) is 5.69 Å². The normalized spacial score (nSPS) is 10.8. The lowest BCUT2D eigenvalue weighted by molar-refractivity contribution is 0.788. The number of aryl methyl sites for hydroxylation is 1. The highest BCUT2D eigenvalue weighted by atomic mass is 32.2. The zero-order valence-corrected chi connectivity index (χ0v) is 10.9. The van der Waals surface area contributed by atoms with E-state index >= 15 is 0 Å². The average Bonchev–Trinajstić information content (AvgIpc) is 3.11. The van der Waals surface area contributed by atoms with Crippen molar-refractivity contribution < 1.29 is 0 Å². The first kappa shape index (κ1) is 11.8. The molecule has 0 radical (unpaired) electrons. The zero-order valence-electron chi connectivity index (χ0n) is 10.1. The van der Waals surface area contributed by atoms with Crippen LogP contribution in [-0.2, 0) is 5.75 Å². The molecule has 96 valence electrons. The highest BCUT2D eigenvalue weighted by molar-refractivity contribution is 7.98. The van der Waals surface area contributed by atoms with Crippen LogP contribution in [0.4, 0.5) is 0 Å². The quantitative estimate of drug-likeness (QED) is 0.702. The van der Waals surface area contributed by atoms with Crippen molar-refractivity contribution in [1.29, 1.82) is 0 Å². The second kappa shape index (κ2) is 5.14. The summed E-state index contributed by atoms with van der Waals surface area (Å²) in [6.07, 6.45) is 1.57. The molecule has 0 amide bonds. The maximum atomic E-state index is 3.91. The third-order valence-electron chi connectivity index (χ3n) is 2.63. The van der Waals surface area contributed by atoms with Crippen LogP contribution in [0.15, 0.2) is 29.7 Å². The van der Waals surface area contributed by atoms with Crippen LogP contribution in [0.3, 0.4) is 0 Å². The lowest BCUT2D eigenvalue weighted by Gasteiger charge is -2.07. The molecule has 19 heavy (non-hydrogen) atoms. The SMILES string of the molecule is Cc1ccc(-n2cnnn2)cc1CSc1nn[nH]n1. The summed E-state index contributed by atoms with van der Waals surface area (Å²) in [4.78, 5) is 0. The number of benzene rings is 1. The van der Waals surface area contributed by atoms with Crippen molar-refractivity contribution in [1.82, 2.24) is 40.8 Å². The Morgan fingerprint density at radius 3 is 3.05 bits per heavy atom. The summed E-state index contributed by atoms with van der Waals surface area (Å²) in [5.41, 5.74) is 3.31. The van der Waals surface area contributed by atoms with E-state index < -0.39 is 0 Å². The summed E-state index contributed by atoms with van der Waals surface area (Å²) in [6, 6.07) is 6.08. The number of rotatable bonds is 4. The first-order valence-corrected chi connectivity index (χ1v) is 6.50. The van der Waals surface area contributed by atoms with Crippen LogP contribution in [0.1, 0.15) is 11.1 Å². The van der Waals surface area contributed by atoms with Crippen LogP contribution >= 0.6 is 11.8 Å². The minimum atomic E-state index is 0.632. The molecule has 0 bridgehead atoms. The van der Waals surface area contributed by atoms with Crippen molar-refractivity contribution in [3.05, 3.63) is 35.7 Å². The van der Waals surface area contributed by atoms with Crippen LogP contribution in [-0.4, -0.2) is 40.8 Å². The third-order valence-corrected chi connectivity index (χ3v) is 3.52. The molecule has 3 rings (SSSR count). The van der Waals surface area contributed by atoms with E-state index in [0.717, 1.165) is 11.4 Å². The van der Waals surface area contributed by atoms with Gasteiger partial charge in [0.15, 0.2) is 0 Å². The van der Waals surface area contributed by atoms with Gasteiger partial charge in [-0.1, -0.05) is 17.8 Å². The molecule has 0 fully saturated rings. The number of thioether (sulfide) groups is 1. The predicted molar refractivity (Wildman–Crippen MR) is 67.6 cm³/mol. The molecule has 0 aliphatic rings. The van der Waals surface area contributed by atoms with E-state index in [4.69, 9.17) is 0 Å². The fraction of sp³-hybridized carbons (Fsp3) is 0.200. The molecule has 0 atom stereocenters. The van der Waals surface area contributed by atoms with Crippen LogP contribution in [0.25, 0.3) is 5.69 Å². The van der Waals surface area contributed by atoms with E-state index in [1.54, 1.807) is 11.0 Å². The fourth-order valence-electron chi connectivity index (χ4n) is 1.59. The maximum absolute atomic E-state index is 3.91. The molecule has 0 spiro atoms. The van der Waals surface area contributed by atoms with Gasteiger partial charge in [0.2, 0.25) is 5.16 Å². The number of nitrogens with zero attached hydrogens (tertiary/aromatic N) is 7. The molecule has 1 aromatic carbocycles. The van der Waals surface area contributed by atoms with Crippen molar-refractivity contribution in [3.63, 3.8) is 0 Å². The van der Waals surface area contributed by atoms with E-state index in [9.17, 15) is 0 Å². The molecule has 0 saturated carbocycles. The van der Waals surface area contributed by atoms with Crippen molar-refractivity contribution in [2.75, 3.05) is 0 Å². The number of aromatic nitrogens is 8. The summed E-state index contributed by atoms with van der Waals surface area (Å²) < 4.78 is 1.63. The topological polar surface area (TPSA) is 98.1 Å². The largest absolute Gasteiger partial charge is 0.231 e. The second-order valence-electron chi connectivity index (χ2n) is 3.85. The van der Waals surface area contributed by atoms with Crippen LogP contribution < -0.4 is 0 Å². The number of hydrogen-bond donors (Lipinski definition) is 1. The van der Waals surface area contributed by atoms with E-state index in [1.165, 1.54) is 22.9 Å². The molecule has 9 heteroatoms. The van der Waals surface area contributed by atoms with Crippen molar-refractivity contribution in [2.45, 2.75) is 17.8 Å². The molecular formula is C10H10N8S. The molecule has 0 aliphatic carbocycles. The monoisotopic (exact) mass is 274 g/mol. The highest BCUT2D eigenvalue weighted by Crippen LogP contribution is 2.22. The Balaban J connectivity index is 1.82. The lowest BCUT2D eigenvalue weighted by Crippen LogP contribution is -1.97. The molecule has 2 heterocycles. The smallest absolute Gasteiger partial charge is 0.201 e. The van der Waals surface area contributed by atoms with Gasteiger partial charge >= 0.3 is 0 Å². The number of hydrogen-bond acceptors (Lipinski definition) is 7. The number of aromatic amines is 1. The Bertz CT molecular complexity index is 648. The molecule has 0 unspecified atom stereocenters. The Labute approximate surface area is 112 Å². The van der Waals surface area contributed by atoms with Gasteiger partial charge in [0, 0.05) is 5.75 Å². The van der Waals surface area contributed by atoms with Gasteiger partial charge in [0.1, 0.15) is 6.33 Å². The van der Waals surface area contributed by atoms with E-state index in [2.05, 4.69) is 49.1 Å². The summed E-state index contributed by atoms with van der Waals surface area (Å²) in [5, 5.41) is 25.6. The predicted octanol–water partition coefficient (Wildman–Crippen LogP) is 0.776. The highest BCUT2D eigenvalue weighted by Gasteiger charge is 2.06. The Hall–Kier alpha value is -2.29. The van der Waals surface area contributed by atoms with Crippen LogP contribution in [0.2, 0.25) is 0 Å². The minimum absolute atomic E-state index is 0.632. The number of H-pyrrole nitrogens is 1. The van der Waals surface area contributed by atoms with E-state index in [-0.39, 0.29) is 0 Å². The van der Waals surface area contributed by atoms with Gasteiger partial charge in [-0.05, 0) is 45.8 Å². The zero-order chi connectivity index (χ0) is 13.1. The summed E-state index contributed by atoms with van der Waals surface area (Å²) in [5.74, 6) is 0.765. The van der Waals surface area contributed by atoms with Gasteiger partial charge in [0.25, 0.3) is 0 Å². The standard InChI is InChI=1S/C10H10N8S/c1-7-2-3-9(18-6-11-14-17-18)4-8(7)5-19-10-12-15-16-13-10/h2-4,6H,5H2,1H3,(H,12,13,15,16). The van der Waals surface area contributed by atoms with Gasteiger partial charge in [-0.2, -0.15) is 5.21 Å².